The van der Waals surface area contributed by atoms with Gasteiger partial charge in [-0.3, -0.25) is 4.99 Å². The van der Waals surface area contributed by atoms with Crippen LogP contribution in [-0.2, 0) is 4.74 Å². The summed E-state index contributed by atoms with van der Waals surface area (Å²) in [5, 5.41) is 6.75. The Morgan fingerprint density at radius 2 is 2.06 bits per heavy atom. The third-order valence-electron chi connectivity index (χ3n) is 3.05. The van der Waals surface area contributed by atoms with Gasteiger partial charge in [-0.05, 0) is 38.5 Å². The predicted molar refractivity (Wildman–Crippen MR) is 87.8 cm³/mol. The Balaban J connectivity index is 0.00000289. The van der Waals surface area contributed by atoms with Crippen LogP contribution in [0.5, 0.6) is 0 Å². The summed E-state index contributed by atoms with van der Waals surface area (Å²) < 4.78 is 5.02. The van der Waals surface area contributed by atoms with Gasteiger partial charge in [-0.1, -0.05) is 6.92 Å². The SMILES string of the molecule is CCNC(=NCCCCCOC)NC1CC1C.I. The Bertz CT molecular complexity index is 236. The van der Waals surface area contributed by atoms with Crippen molar-refractivity contribution in [2.75, 3.05) is 26.8 Å². The molecular weight excluding hydrogens is 341 g/mol. The van der Waals surface area contributed by atoms with Crippen LogP contribution < -0.4 is 10.6 Å². The number of methoxy groups -OCH3 is 1. The van der Waals surface area contributed by atoms with Gasteiger partial charge in [0.2, 0.25) is 0 Å². The fourth-order valence-corrected chi connectivity index (χ4v) is 1.74. The molecule has 0 aliphatic heterocycles. The van der Waals surface area contributed by atoms with Crippen molar-refractivity contribution in [3.8, 4) is 0 Å². The van der Waals surface area contributed by atoms with Crippen molar-refractivity contribution in [3.63, 3.8) is 0 Å². The molecule has 0 bridgehead atoms. The zero-order chi connectivity index (χ0) is 12.5. The summed E-state index contributed by atoms with van der Waals surface area (Å²) in [6, 6.07) is 0.640. The molecule has 18 heavy (non-hydrogen) atoms. The summed E-state index contributed by atoms with van der Waals surface area (Å²) in [6.07, 6.45) is 4.74. The molecule has 0 aromatic carbocycles. The first-order chi connectivity index (χ1) is 8.27. The van der Waals surface area contributed by atoms with E-state index in [1.165, 1.54) is 12.8 Å². The maximum Gasteiger partial charge on any atom is 0.191 e. The van der Waals surface area contributed by atoms with Gasteiger partial charge < -0.3 is 15.4 Å². The van der Waals surface area contributed by atoms with Crippen LogP contribution in [0.4, 0.5) is 0 Å². The molecule has 1 fully saturated rings. The summed E-state index contributed by atoms with van der Waals surface area (Å²) in [5.74, 6) is 1.79. The standard InChI is InChI=1S/C13H27N3O.HI/c1-4-14-13(16-12-10-11(12)2)15-8-6-5-7-9-17-3;/h11-12H,4-10H2,1-3H3,(H2,14,15,16);1H. The van der Waals surface area contributed by atoms with E-state index in [2.05, 4.69) is 29.5 Å². The second-order valence-corrected chi connectivity index (χ2v) is 4.78. The number of nitrogens with one attached hydrogen (secondary N) is 2. The van der Waals surface area contributed by atoms with E-state index in [9.17, 15) is 0 Å². The highest BCUT2D eigenvalue weighted by atomic mass is 127. The minimum absolute atomic E-state index is 0. The number of ether oxygens (including phenoxy) is 1. The van der Waals surface area contributed by atoms with Gasteiger partial charge in [0.15, 0.2) is 5.96 Å². The Morgan fingerprint density at radius 3 is 2.61 bits per heavy atom. The lowest BCUT2D eigenvalue weighted by atomic mass is 10.2. The van der Waals surface area contributed by atoms with Crippen molar-refractivity contribution in [1.82, 2.24) is 10.6 Å². The van der Waals surface area contributed by atoms with Gasteiger partial charge in [0.1, 0.15) is 0 Å². The molecule has 0 aromatic heterocycles. The first kappa shape index (κ1) is 18.0. The molecule has 2 unspecified atom stereocenters. The average Bonchev–Trinajstić information content (AvgIpc) is 2.99. The highest BCUT2D eigenvalue weighted by Gasteiger charge is 2.33. The fraction of sp³-hybridized carbons (Fsp3) is 0.923. The molecule has 1 aliphatic rings. The van der Waals surface area contributed by atoms with Crippen LogP contribution in [0.1, 0.15) is 39.5 Å². The molecule has 108 valence electrons. The Hall–Kier alpha value is -0.0400. The highest BCUT2D eigenvalue weighted by Crippen LogP contribution is 2.28. The van der Waals surface area contributed by atoms with Gasteiger partial charge in [0.05, 0.1) is 0 Å². The number of rotatable bonds is 8. The molecule has 0 radical (unpaired) electrons. The number of nitrogens with zero attached hydrogens (tertiary/aromatic N) is 1. The summed E-state index contributed by atoms with van der Waals surface area (Å²) in [5.41, 5.74) is 0. The summed E-state index contributed by atoms with van der Waals surface area (Å²) in [6.45, 7) is 7.07. The smallest absolute Gasteiger partial charge is 0.191 e. The summed E-state index contributed by atoms with van der Waals surface area (Å²) in [4.78, 5) is 4.58. The van der Waals surface area contributed by atoms with Crippen LogP contribution >= 0.6 is 24.0 Å². The van der Waals surface area contributed by atoms with Gasteiger partial charge in [0.25, 0.3) is 0 Å². The van der Waals surface area contributed by atoms with Crippen LogP contribution in [0.2, 0.25) is 0 Å². The fourth-order valence-electron chi connectivity index (χ4n) is 1.74. The first-order valence-electron chi connectivity index (χ1n) is 6.81. The van der Waals surface area contributed by atoms with Crippen molar-refractivity contribution < 1.29 is 4.74 Å². The van der Waals surface area contributed by atoms with Crippen molar-refractivity contribution in [3.05, 3.63) is 0 Å². The third-order valence-corrected chi connectivity index (χ3v) is 3.05. The predicted octanol–water partition coefficient (Wildman–Crippen LogP) is 2.38. The second-order valence-electron chi connectivity index (χ2n) is 4.78. The Kier molecular flexibility index (Phi) is 10.8. The molecule has 0 amide bonds. The molecule has 1 saturated carbocycles. The number of guanidine groups is 1. The molecule has 1 rings (SSSR count). The number of hydrogen-bond donors (Lipinski definition) is 2. The van der Waals surface area contributed by atoms with E-state index in [-0.39, 0.29) is 24.0 Å². The zero-order valence-corrected chi connectivity index (χ0v) is 14.2. The van der Waals surface area contributed by atoms with E-state index < -0.39 is 0 Å². The minimum atomic E-state index is 0. The van der Waals surface area contributed by atoms with Gasteiger partial charge in [-0.25, -0.2) is 0 Å². The molecule has 5 heteroatoms. The van der Waals surface area contributed by atoms with E-state index >= 15 is 0 Å². The van der Waals surface area contributed by atoms with E-state index in [1.807, 2.05) is 0 Å². The first-order valence-corrected chi connectivity index (χ1v) is 6.81. The van der Waals surface area contributed by atoms with Crippen molar-refractivity contribution >= 4 is 29.9 Å². The maximum atomic E-state index is 5.02. The molecule has 0 aromatic rings. The molecule has 2 atom stereocenters. The second kappa shape index (κ2) is 10.8. The van der Waals surface area contributed by atoms with E-state index in [4.69, 9.17) is 4.74 Å². The third kappa shape index (κ3) is 8.13. The number of halogens is 1. The molecule has 1 aliphatic carbocycles. The largest absolute Gasteiger partial charge is 0.385 e. The average molecular weight is 369 g/mol. The monoisotopic (exact) mass is 369 g/mol. The molecule has 0 heterocycles. The van der Waals surface area contributed by atoms with Crippen molar-refractivity contribution in [2.24, 2.45) is 10.9 Å². The highest BCUT2D eigenvalue weighted by molar-refractivity contribution is 14.0. The van der Waals surface area contributed by atoms with Crippen LogP contribution in [-0.4, -0.2) is 38.8 Å². The molecule has 4 nitrogen and oxygen atoms in total. The number of aliphatic imine (C=N–C) groups is 1. The van der Waals surface area contributed by atoms with Crippen LogP contribution in [0.3, 0.4) is 0 Å². The maximum absolute atomic E-state index is 5.02. The molecule has 0 spiro atoms. The van der Waals surface area contributed by atoms with Gasteiger partial charge >= 0.3 is 0 Å². The minimum Gasteiger partial charge on any atom is -0.385 e. The lowest BCUT2D eigenvalue weighted by molar-refractivity contribution is 0.192. The van der Waals surface area contributed by atoms with E-state index in [1.54, 1.807) is 7.11 Å². The summed E-state index contributed by atoms with van der Waals surface area (Å²) >= 11 is 0. The topological polar surface area (TPSA) is 45.7 Å². The van der Waals surface area contributed by atoms with Crippen LogP contribution in [0.25, 0.3) is 0 Å². The number of unbranched alkanes of at least 4 members (excludes halogenated alkanes) is 2. The number of hydrogen-bond acceptors (Lipinski definition) is 2. The van der Waals surface area contributed by atoms with Crippen molar-refractivity contribution in [1.29, 1.82) is 0 Å². The molecule has 0 saturated heterocycles. The van der Waals surface area contributed by atoms with Crippen LogP contribution in [0.15, 0.2) is 4.99 Å². The lowest BCUT2D eigenvalue weighted by Gasteiger charge is -2.10. The normalized spacial score (nSPS) is 22.3. The lowest BCUT2D eigenvalue weighted by Crippen LogP contribution is -2.39. The Labute approximate surface area is 128 Å². The quantitative estimate of drug-likeness (QED) is 0.299. The van der Waals surface area contributed by atoms with E-state index in [0.29, 0.717) is 6.04 Å². The van der Waals surface area contributed by atoms with Crippen LogP contribution in [0, 0.1) is 5.92 Å². The summed E-state index contributed by atoms with van der Waals surface area (Å²) in [7, 11) is 1.75. The molecular formula is C13H28IN3O. The van der Waals surface area contributed by atoms with Crippen molar-refractivity contribution in [2.45, 2.75) is 45.6 Å². The van der Waals surface area contributed by atoms with Gasteiger partial charge in [0, 0.05) is 32.8 Å². The zero-order valence-electron chi connectivity index (χ0n) is 11.9. The van der Waals surface area contributed by atoms with E-state index in [0.717, 1.165) is 44.4 Å². The Morgan fingerprint density at radius 1 is 1.33 bits per heavy atom. The molecule has 2 N–H and O–H groups in total. The van der Waals surface area contributed by atoms with Gasteiger partial charge in [-0.2, -0.15) is 0 Å². The van der Waals surface area contributed by atoms with Gasteiger partial charge in [-0.15, -0.1) is 24.0 Å².